The Bertz CT molecular complexity index is 544. The minimum absolute atomic E-state index is 0.0371. The van der Waals surface area contributed by atoms with Crippen LogP contribution < -0.4 is 11.1 Å². The van der Waals surface area contributed by atoms with Crippen LogP contribution in [0.25, 0.3) is 0 Å². The molecule has 7 heteroatoms. The topological polar surface area (TPSA) is 72.2 Å². The van der Waals surface area contributed by atoms with Gasteiger partial charge in [-0.05, 0) is 24.6 Å². The number of rotatable bonds is 3. The Morgan fingerprint density at radius 1 is 1.44 bits per heavy atom. The van der Waals surface area contributed by atoms with E-state index in [1.165, 1.54) is 12.1 Å². The molecular weight excluding hydrogens is 279 g/mol. The van der Waals surface area contributed by atoms with Gasteiger partial charge >= 0.3 is 0 Å². The van der Waals surface area contributed by atoms with Crippen molar-refractivity contribution >= 4 is 27.1 Å². The molecule has 0 spiro atoms. The number of halogens is 2. The standard InChI is InChI=1S/C11H14ClFN2O2S/c12-8-3-9(13)5-10(4-8)15-11(6-14)1-2-18(16,17)7-11/h3-5,15H,1-2,6-7,14H2. The number of benzene rings is 1. The van der Waals surface area contributed by atoms with Gasteiger partial charge in [0.25, 0.3) is 0 Å². The molecule has 1 saturated heterocycles. The monoisotopic (exact) mass is 292 g/mol. The molecule has 1 aliphatic heterocycles. The molecule has 1 atom stereocenters. The molecule has 1 unspecified atom stereocenters. The van der Waals surface area contributed by atoms with E-state index in [-0.39, 0.29) is 23.1 Å². The Kier molecular flexibility index (Phi) is 3.53. The highest BCUT2D eigenvalue weighted by molar-refractivity contribution is 7.91. The first-order chi connectivity index (χ1) is 8.34. The van der Waals surface area contributed by atoms with E-state index in [1.807, 2.05) is 0 Å². The zero-order valence-corrected chi connectivity index (χ0v) is 11.2. The Morgan fingerprint density at radius 2 is 2.17 bits per heavy atom. The first-order valence-electron chi connectivity index (χ1n) is 5.49. The van der Waals surface area contributed by atoms with E-state index in [9.17, 15) is 12.8 Å². The highest BCUT2D eigenvalue weighted by atomic mass is 35.5. The van der Waals surface area contributed by atoms with Crippen molar-refractivity contribution in [2.24, 2.45) is 5.73 Å². The molecule has 0 saturated carbocycles. The van der Waals surface area contributed by atoms with Crippen LogP contribution in [0.1, 0.15) is 6.42 Å². The fourth-order valence-corrected chi connectivity index (χ4v) is 4.40. The van der Waals surface area contributed by atoms with E-state index in [4.69, 9.17) is 17.3 Å². The molecule has 1 fully saturated rings. The molecule has 0 amide bonds. The van der Waals surface area contributed by atoms with Gasteiger partial charge in [-0.15, -0.1) is 0 Å². The summed E-state index contributed by atoms with van der Waals surface area (Å²) in [7, 11) is -3.08. The molecule has 0 radical (unpaired) electrons. The summed E-state index contributed by atoms with van der Waals surface area (Å²) in [5.74, 6) is -0.414. The highest BCUT2D eigenvalue weighted by Gasteiger charge is 2.41. The summed E-state index contributed by atoms with van der Waals surface area (Å²) in [5, 5.41) is 3.27. The number of anilines is 1. The van der Waals surface area contributed by atoms with Gasteiger partial charge in [0.2, 0.25) is 0 Å². The highest BCUT2D eigenvalue weighted by Crippen LogP contribution is 2.28. The van der Waals surface area contributed by atoms with Crippen LogP contribution in [0.5, 0.6) is 0 Å². The molecule has 1 aliphatic rings. The van der Waals surface area contributed by atoms with Gasteiger partial charge in [-0.3, -0.25) is 0 Å². The molecule has 0 aromatic heterocycles. The Morgan fingerprint density at radius 3 is 2.67 bits per heavy atom. The van der Waals surface area contributed by atoms with E-state index in [0.29, 0.717) is 12.1 Å². The first kappa shape index (κ1) is 13.6. The van der Waals surface area contributed by atoms with Crippen LogP contribution in [0.3, 0.4) is 0 Å². The maximum Gasteiger partial charge on any atom is 0.152 e. The Balaban J connectivity index is 2.26. The van der Waals surface area contributed by atoms with Crippen molar-refractivity contribution < 1.29 is 12.8 Å². The van der Waals surface area contributed by atoms with Crippen molar-refractivity contribution in [2.45, 2.75) is 12.0 Å². The number of nitrogens with one attached hydrogen (secondary N) is 1. The summed E-state index contributed by atoms with van der Waals surface area (Å²) in [4.78, 5) is 0. The van der Waals surface area contributed by atoms with E-state index in [1.54, 1.807) is 6.07 Å². The lowest BCUT2D eigenvalue weighted by molar-refractivity contribution is 0.533. The second-order valence-corrected chi connectivity index (χ2v) is 7.23. The number of hydrogen-bond donors (Lipinski definition) is 2. The summed E-state index contributed by atoms with van der Waals surface area (Å²) in [5.41, 5.74) is 5.38. The van der Waals surface area contributed by atoms with Crippen molar-refractivity contribution in [3.63, 3.8) is 0 Å². The lowest BCUT2D eigenvalue weighted by atomic mass is 9.99. The quantitative estimate of drug-likeness (QED) is 0.883. The predicted molar refractivity (Wildman–Crippen MR) is 70.1 cm³/mol. The van der Waals surface area contributed by atoms with Crippen LogP contribution in [0.4, 0.5) is 10.1 Å². The van der Waals surface area contributed by atoms with Gasteiger partial charge in [0, 0.05) is 17.3 Å². The number of nitrogens with two attached hydrogens (primary N) is 1. The lowest BCUT2D eigenvalue weighted by Gasteiger charge is -2.28. The fourth-order valence-electron chi connectivity index (χ4n) is 2.16. The summed E-state index contributed by atoms with van der Waals surface area (Å²) in [6, 6.07) is 4.01. The second kappa shape index (κ2) is 4.68. The lowest BCUT2D eigenvalue weighted by Crippen LogP contribution is -2.46. The molecule has 1 aromatic rings. The van der Waals surface area contributed by atoms with Crippen LogP contribution in [0, 0.1) is 5.82 Å². The van der Waals surface area contributed by atoms with Gasteiger partial charge < -0.3 is 11.1 Å². The van der Waals surface area contributed by atoms with Gasteiger partial charge in [-0.2, -0.15) is 0 Å². The third-order valence-electron chi connectivity index (χ3n) is 3.05. The summed E-state index contributed by atoms with van der Waals surface area (Å²) >= 11 is 5.75. The molecule has 18 heavy (non-hydrogen) atoms. The van der Waals surface area contributed by atoms with E-state index in [2.05, 4.69) is 5.32 Å². The van der Waals surface area contributed by atoms with Crippen molar-refractivity contribution in [1.29, 1.82) is 0 Å². The third kappa shape index (κ3) is 2.93. The maximum atomic E-state index is 13.2. The molecule has 1 heterocycles. The second-order valence-electron chi connectivity index (χ2n) is 4.61. The molecule has 2 rings (SSSR count). The Hall–Kier alpha value is -0.850. The van der Waals surface area contributed by atoms with Crippen molar-refractivity contribution in [2.75, 3.05) is 23.4 Å². The van der Waals surface area contributed by atoms with Gasteiger partial charge in [-0.1, -0.05) is 11.6 Å². The van der Waals surface area contributed by atoms with E-state index in [0.717, 1.165) is 0 Å². The molecule has 0 bridgehead atoms. The van der Waals surface area contributed by atoms with Gasteiger partial charge in [-0.25, -0.2) is 12.8 Å². The number of sulfone groups is 1. The van der Waals surface area contributed by atoms with Crippen molar-refractivity contribution in [3.05, 3.63) is 29.0 Å². The summed E-state index contributed by atoms with van der Waals surface area (Å²) < 4.78 is 36.3. The van der Waals surface area contributed by atoms with Crippen LogP contribution >= 0.6 is 11.6 Å². The SMILES string of the molecule is NCC1(Nc2cc(F)cc(Cl)c2)CCS(=O)(=O)C1. The minimum atomic E-state index is -3.08. The first-order valence-corrected chi connectivity index (χ1v) is 7.69. The molecule has 3 N–H and O–H groups in total. The third-order valence-corrected chi connectivity index (χ3v) is 5.09. The minimum Gasteiger partial charge on any atom is -0.377 e. The summed E-state index contributed by atoms with van der Waals surface area (Å²) in [6.45, 7) is 0.167. The normalized spacial score (nSPS) is 26.2. The van der Waals surface area contributed by atoms with Crippen LogP contribution in [0.15, 0.2) is 18.2 Å². The van der Waals surface area contributed by atoms with Gasteiger partial charge in [0.1, 0.15) is 5.82 Å². The van der Waals surface area contributed by atoms with Crippen molar-refractivity contribution in [3.8, 4) is 0 Å². The average Bonchev–Trinajstić information content (AvgIpc) is 2.53. The average molecular weight is 293 g/mol. The Labute approximate surface area is 110 Å². The molecule has 1 aromatic carbocycles. The van der Waals surface area contributed by atoms with E-state index < -0.39 is 21.2 Å². The predicted octanol–water partition coefficient (Wildman–Crippen LogP) is 1.41. The maximum absolute atomic E-state index is 13.2. The van der Waals surface area contributed by atoms with Crippen LogP contribution in [-0.2, 0) is 9.84 Å². The largest absolute Gasteiger partial charge is 0.377 e. The van der Waals surface area contributed by atoms with Gasteiger partial charge in [0.15, 0.2) is 9.84 Å². The zero-order valence-electron chi connectivity index (χ0n) is 9.62. The molecule has 100 valence electrons. The number of hydrogen-bond acceptors (Lipinski definition) is 4. The molecule has 4 nitrogen and oxygen atoms in total. The molecular formula is C11H14ClFN2O2S. The van der Waals surface area contributed by atoms with Crippen LogP contribution in [-0.4, -0.2) is 32.0 Å². The van der Waals surface area contributed by atoms with E-state index >= 15 is 0 Å². The smallest absolute Gasteiger partial charge is 0.152 e. The zero-order chi connectivity index (χ0) is 13.4. The fraction of sp³-hybridized carbons (Fsp3) is 0.455. The van der Waals surface area contributed by atoms with Gasteiger partial charge in [0.05, 0.1) is 17.0 Å². The van der Waals surface area contributed by atoms with Crippen molar-refractivity contribution in [1.82, 2.24) is 0 Å². The molecule has 0 aliphatic carbocycles. The van der Waals surface area contributed by atoms with Crippen LogP contribution in [0.2, 0.25) is 5.02 Å². The summed E-state index contributed by atoms with van der Waals surface area (Å²) in [6.07, 6.45) is 0.417.